The highest BCUT2D eigenvalue weighted by atomic mass is 19.1. The second-order valence-electron chi connectivity index (χ2n) is 7.43. The van der Waals surface area contributed by atoms with Gasteiger partial charge in [0, 0.05) is 38.3 Å². The van der Waals surface area contributed by atoms with Gasteiger partial charge in [-0.15, -0.1) is 10.2 Å². The maximum absolute atomic E-state index is 13.1. The van der Waals surface area contributed by atoms with Crippen LogP contribution >= 0.6 is 0 Å². The fourth-order valence-electron chi connectivity index (χ4n) is 3.65. The van der Waals surface area contributed by atoms with Crippen molar-refractivity contribution >= 4 is 0 Å². The minimum Gasteiger partial charge on any atom is -0.419 e. The first-order valence-corrected chi connectivity index (χ1v) is 9.70. The summed E-state index contributed by atoms with van der Waals surface area (Å²) in [6, 6.07) is 14.9. The van der Waals surface area contributed by atoms with E-state index in [1.165, 1.54) is 23.3 Å². The monoisotopic (exact) mass is 380 g/mol. The number of hydrogen-bond donors (Lipinski definition) is 0. The Labute approximate surface area is 164 Å². The van der Waals surface area contributed by atoms with Crippen LogP contribution < -0.4 is 0 Å². The van der Waals surface area contributed by atoms with Crippen molar-refractivity contribution in [1.82, 2.24) is 20.0 Å². The molecule has 146 valence electrons. The van der Waals surface area contributed by atoms with Gasteiger partial charge < -0.3 is 4.42 Å². The third-order valence-electron chi connectivity index (χ3n) is 5.33. The normalized spacial score (nSPS) is 17.0. The Kier molecular flexibility index (Phi) is 5.50. The summed E-state index contributed by atoms with van der Waals surface area (Å²) in [5.74, 6) is 0.756. The quantitative estimate of drug-likeness (QED) is 0.668. The summed E-state index contributed by atoms with van der Waals surface area (Å²) in [6.45, 7) is 9.15. The van der Waals surface area contributed by atoms with Crippen LogP contribution in [0.15, 0.2) is 52.9 Å². The van der Waals surface area contributed by atoms with Crippen LogP contribution in [0.25, 0.3) is 11.5 Å². The molecule has 1 aliphatic rings. The van der Waals surface area contributed by atoms with Gasteiger partial charge in [0.05, 0.1) is 6.04 Å². The van der Waals surface area contributed by atoms with Crippen molar-refractivity contribution in [3.05, 3.63) is 71.4 Å². The van der Waals surface area contributed by atoms with Crippen LogP contribution in [0.2, 0.25) is 0 Å². The molecule has 1 saturated heterocycles. The van der Waals surface area contributed by atoms with Crippen molar-refractivity contribution in [3.63, 3.8) is 0 Å². The fourth-order valence-corrected chi connectivity index (χ4v) is 3.65. The molecule has 0 N–H and O–H groups in total. The van der Waals surface area contributed by atoms with Crippen LogP contribution in [-0.4, -0.2) is 46.2 Å². The molecule has 2 heterocycles. The van der Waals surface area contributed by atoms with E-state index in [-0.39, 0.29) is 11.9 Å². The molecular formula is C22H25FN4O. The summed E-state index contributed by atoms with van der Waals surface area (Å²) in [6.07, 6.45) is 0. The Morgan fingerprint density at radius 1 is 1.04 bits per heavy atom. The lowest BCUT2D eigenvalue weighted by molar-refractivity contribution is 0.0876. The molecule has 1 fully saturated rings. The van der Waals surface area contributed by atoms with Gasteiger partial charge in [-0.2, -0.15) is 0 Å². The zero-order valence-electron chi connectivity index (χ0n) is 16.3. The van der Waals surface area contributed by atoms with E-state index in [9.17, 15) is 4.39 Å². The number of aryl methyl sites for hydroxylation is 1. The van der Waals surface area contributed by atoms with Crippen molar-refractivity contribution in [2.75, 3.05) is 26.2 Å². The average Bonchev–Trinajstić information content (AvgIpc) is 3.19. The summed E-state index contributed by atoms with van der Waals surface area (Å²) in [4.78, 5) is 4.85. The second kappa shape index (κ2) is 8.20. The molecule has 0 bridgehead atoms. The number of aromatic nitrogens is 2. The maximum atomic E-state index is 13.1. The highest BCUT2D eigenvalue weighted by Gasteiger charge is 2.25. The van der Waals surface area contributed by atoms with E-state index >= 15 is 0 Å². The van der Waals surface area contributed by atoms with E-state index in [0.29, 0.717) is 11.8 Å². The first-order valence-electron chi connectivity index (χ1n) is 9.70. The van der Waals surface area contributed by atoms with Crippen molar-refractivity contribution in [1.29, 1.82) is 0 Å². The maximum Gasteiger partial charge on any atom is 0.247 e. The SMILES string of the molecule is Cc1cccc(CN2CCN([C@H](C)c3nnc(-c4ccc(F)cc4)o3)CC2)c1. The highest BCUT2D eigenvalue weighted by Crippen LogP contribution is 2.25. The van der Waals surface area contributed by atoms with Crippen molar-refractivity contribution in [2.24, 2.45) is 0 Å². The van der Waals surface area contributed by atoms with Gasteiger partial charge in [0.1, 0.15) is 5.82 Å². The van der Waals surface area contributed by atoms with E-state index in [4.69, 9.17) is 4.42 Å². The molecule has 4 rings (SSSR count). The highest BCUT2D eigenvalue weighted by molar-refractivity contribution is 5.51. The first-order chi connectivity index (χ1) is 13.6. The fraction of sp³-hybridized carbons (Fsp3) is 0.364. The Morgan fingerprint density at radius 3 is 2.50 bits per heavy atom. The number of piperazine rings is 1. The van der Waals surface area contributed by atoms with Gasteiger partial charge in [-0.1, -0.05) is 29.8 Å². The zero-order valence-corrected chi connectivity index (χ0v) is 16.3. The molecule has 5 nitrogen and oxygen atoms in total. The molecule has 0 saturated carbocycles. The lowest BCUT2D eigenvalue weighted by Crippen LogP contribution is -2.46. The van der Waals surface area contributed by atoms with Crippen LogP contribution in [0.4, 0.5) is 4.39 Å². The Balaban J connectivity index is 1.35. The molecule has 0 radical (unpaired) electrons. The van der Waals surface area contributed by atoms with E-state index < -0.39 is 0 Å². The summed E-state index contributed by atoms with van der Waals surface area (Å²) >= 11 is 0. The van der Waals surface area contributed by atoms with Crippen LogP contribution in [0.3, 0.4) is 0 Å². The van der Waals surface area contributed by atoms with Gasteiger partial charge in [-0.05, 0) is 43.7 Å². The smallest absolute Gasteiger partial charge is 0.247 e. The largest absolute Gasteiger partial charge is 0.419 e. The van der Waals surface area contributed by atoms with Gasteiger partial charge in [0.25, 0.3) is 0 Å². The number of nitrogens with zero attached hydrogens (tertiary/aromatic N) is 4. The molecule has 3 aromatic rings. The number of halogens is 1. The minimum absolute atomic E-state index is 0.0582. The first kappa shape index (κ1) is 18.8. The molecule has 2 aromatic carbocycles. The summed E-state index contributed by atoms with van der Waals surface area (Å²) in [7, 11) is 0. The lowest BCUT2D eigenvalue weighted by Gasteiger charge is -2.36. The molecule has 28 heavy (non-hydrogen) atoms. The van der Waals surface area contributed by atoms with E-state index in [2.05, 4.69) is 58.1 Å². The molecule has 1 atom stereocenters. The second-order valence-corrected chi connectivity index (χ2v) is 7.43. The standard InChI is InChI=1S/C22H25FN4O/c1-16-4-3-5-18(14-16)15-26-10-12-27(13-11-26)17(2)21-24-25-22(28-21)19-6-8-20(23)9-7-19/h3-9,14,17H,10-13,15H2,1-2H3/t17-/m1/s1. The number of hydrogen-bond acceptors (Lipinski definition) is 5. The molecule has 0 spiro atoms. The summed E-state index contributed by atoms with van der Waals surface area (Å²) in [5.41, 5.74) is 3.40. The van der Waals surface area contributed by atoms with Gasteiger partial charge in [-0.25, -0.2) is 4.39 Å². The topological polar surface area (TPSA) is 45.4 Å². The van der Waals surface area contributed by atoms with Gasteiger partial charge in [0.15, 0.2) is 0 Å². The van der Waals surface area contributed by atoms with Crippen LogP contribution in [0.1, 0.15) is 30.0 Å². The minimum atomic E-state index is -0.277. The Hall–Kier alpha value is -2.57. The predicted octanol–water partition coefficient (Wildman–Crippen LogP) is 4.06. The number of benzene rings is 2. The Morgan fingerprint density at radius 2 is 1.79 bits per heavy atom. The van der Waals surface area contributed by atoms with Crippen LogP contribution in [0.5, 0.6) is 0 Å². The van der Waals surface area contributed by atoms with Crippen LogP contribution in [0, 0.1) is 12.7 Å². The zero-order chi connectivity index (χ0) is 19.5. The molecule has 0 aliphatic carbocycles. The van der Waals surface area contributed by atoms with Gasteiger partial charge in [0.2, 0.25) is 11.8 Å². The lowest BCUT2D eigenvalue weighted by atomic mass is 10.1. The predicted molar refractivity (Wildman–Crippen MR) is 106 cm³/mol. The molecule has 6 heteroatoms. The van der Waals surface area contributed by atoms with Crippen molar-refractivity contribution in [2.45, 2.75) is 26.4 Å². The third kappa shape index (κ3) is 4.29. The van der Waals surface area contributed by atoms with Crippen LogP contribution in [-0.2, 0) is 6.54 Å². The average molecular weight is 380 g/mol. The number of rotatable bonds is 5. The van der Waals surface area contributed by atoms with E-state index in [1.807, 2.05) is 0 Å². The Bertz CT molecular complexity index is 916. The third-order valence-corrected chi connectivity index (χ3v) is 5.33. The summed E-state index contributed by atoms with van der Waals surface area (Å²) < 4.78 is 19.0. The molecule has 0 amide bonds. The van der Waals surface area contributed by atoms with Gasteiger partial charge in [-0.3, -0.25) is 9.80 Å². The molecular weight excluding hydrogens is 355 g/mol. The van der Waals surface area contributed by atoms with Crippen molar-refractivity contribution < 1.29 is 8.81 Å². The van der Waals surface area contributed by atoms with Crippen molar-refractivity contribution in [3.8, 4) is 11.5 Å². The van der Waals surface area contributed by atoms with Gasteiger partial charge >= 0.3 is 0 Å². The molecule has 1 aliphatic heterocycles. The van der Waals surface area contributed by atoms with E-state index in [0.717, 1.165) is 38.3 Å². The molecule has 0 unspecified atom stereocenters. The summed E-state index contributed by atoms with van der Waals surface area (Å²) in [5, 5.41) is 8.36. The molecule has 1 aromatic heterocycles. The van der Waals surface area contributed by atoms with E-state index in [1.54, 1.807) is 12.1 Å².